The molecule has 0 amide bonds. The number of carbonyl (C=O) groups is 1. The summed E-state index contributed by atoms with van der Waals surface area (Å²) in [5.41, 5.74) is 2.73. The van der Waals surface area contributed by atoms with E-state index in [1.807, 2.05) is 17.6 Å². The number of fused-ring (bicyclic) bond motifs is 3. The summed E-state index contributed by atoms with van der Waals surface area (Å²) in [6.45, 7) is 9.91. The molecule has 0 spiro atoms. The molecule has 1 aliphatic rings. The molecule has 0 radical (unpaired) electrons. The van der Waals surface area contributed by atoms with Crippen molar-refractivity contribution in [2.24, 2.45) is 0 Å². The molecule has 1 aliphatic heterocycles. The first kappa shape index (κ1) is 19.4. The van der Waals surface area contributed by atoms with Crippen LogP contribution in [0.4, 0.5) is 5.69 Å². The van der Waals surface area contributed by atoms with Crippen molar-refractivity contribution in [2.75, 3.05) is 6.61 Å². The van der Waals surface area contributed by atoms with Crippen LogP contribution in [0, 0.1) is 6.57 Å². The summed E-state index contributed by atoms with van der Waals surface area (Å²) in [6.07, 6.45) is 3.05. The molecule has 2 aromatic heterocycles. The molecule has 27 heavy (non-hydrogen) atoms. The number of rotatable bonds is 3. The quantitative estimate of drug-likeness (QED) is 0.452. The van der Waals surface area contributed by atoms with Gasteiger partial charge in [0.05, 0.1) is 29.9 Å². The van der Waals surface area contributed by atoms with Crippen molar-refractivity contribution in [3.63, 3.8) is 0 Å². The van der Waals surface area contributed by atoms with Crippen molar-refractivity contribution >= 4 is 33.6 Å². The predicted octanol–water partition coefficient (Wildman–Crippen LogP) is -0.828. The number of carbonyl (C=O) groups excluding carboxylic acids is 1. The van der Waals surface area contributed by atoms with Gasteiger partial charge in [-0.3, -0.25) is 4.98 Å². The Morgan fingerprint density at radius 3 is 2.96 bits per heavy atom. The summed E-state index contributed by atoms with van der Waals surface area (Å²) >= 11 is 0. The van der Waals surface area contributed by atoms with E-state index in [1.165, 1.54) is 0 Å². The number of carboxylic acid groups (broad SMARTS) is 1. The monoisotopic (exact) mass is 356 g/mol. The fourth-order valence-electron chi connectivity index (χ4n) is 3.74. The SMILES string of the molecule is [C-]#[N+]c1ccc2ncc3nc(CC(=O)[O-])n([C@@H]4CCO[C@H](C)C4)c3c2c1.[Li+]. The zero-order valence-electron chi connectivity index (χ0n) is 15.3. The van der Waals surface area contributed by atoms with Crippen LogP contribution in [0.5, 0.6) is 0 Å². The number of nitrogens with zero attached hydrogens (tertiary/aromatic N) is 4. The van der Waals surface area contributed by atoms with Crippen LogP contribution in [-0.2, 0) is 16.0 Å². The molecular weight excluding hydrogens is 339 g/mol. The molecule has 132 valence electrons. The Morgan fingerprint density at radius 2 is 2.26 bits per heavy atom. The maximum absolute atomic E-state index is 11.3. The molecule has 8 heteroatoms. The molecule has 3 heterocycles. The van der Waals surface area contributed by atoms with Crippen LogP contribution in [-0.4, -0.2) is 33.2 Å². The number of hydrogen-bond acceptors (Lipinski definition) is 5. The minimum absolute atomic E-state index is 0. The predicted molar refractivity (Wildman–Crippen MR) is 93.7 cm³/mol. The van der Waals surface area contributed by atoms with Gasteiger partial charge in [-0.25, -0.2) is 9.83 Å². The number of hydrogen-bond donors (Lipinski definition) is 0. The van der Waals surface area contributed by atoms with Crippen molar-refractivity contribution in [3.05, 3.63) is 41.6 Å². The Labute approximate surface area is 168 Å². The topological polar surface area (TPSA) is 84.4 Å². The second-order valence-corrected chi connectivity index (χ2v) is 6.61. The van der Waals surface area contributed by atoms with Gasteiger partial charge < -0.3 is 19.2 Å². The van der Waals surface area contributed by atoms with Gasteiger partial charge in [0.15, 0.2) is 5.69 Å². The second kappa shape index (κ2) is 7.70. The van der Waals surface area contributed by atoms with Crippen molar-refractivity contribution in [1.82, 2.24) is 14.5 Å². The third kappa shape index (κ3) is 3.57. The molecule has 1 fully saturated rings. The average molecular weight is 356 g/mol. The number of aliphatic carboxylic acids is 1. The minimum atomic E-state index is -1.17. The Morgan fingerprint density at radius 1 is 1.44 bits per heavy atom. The van der Waals surface area contributed by atoms with Gasteiger partial charge in [0.25, 0.3) is 0 Å². The number of ether oxygens (including phenoxy) is 1. The van der Waals surface area contributed by atoms with Crippen molar-refractivity contribution in [3.8, 4) is 0 Å². The van der Waals surface area contributed by atoms with Crippen LogP contribution in [0.3, 0.4) is 0 Å². The summed E-state index contributed by atoms with van der Waals surface area (Å²) in [5, 5.41) is 12.1. The standard InChI is InChI=1S/C19H18N4O3.Li/c1-11-7-13(5-6-26-11)23-17(9-18(24)25)22-16-10-21-15-4-3-12(20-2)8-14(15)19(16)23;/h3-4,8,10-11,13H,5-7,9H2,1H3,(H,24,25);/q;+1/p-1/t11-,13-;/m1./s1. The van der Waals surface area contributed by atoms with E-state index in [1.54, 1.807) is 18.3 Å². The first-order valence-corrected chi connectivity index (χ1v) is 8.55. The van der Waals surface area contributed by atoms with Gasteiger partial charge in [0.1, 0.15) is 11.3 Å². The van der Waals surface area contributed by atoms with Gasteiger partial charge in [-0.05, 0) is 31.9 Å². The zero-order valence-corrected chi connectivity index (χ0v) is 15.3. The third-order valence-corrected chi connectivity index (χ3v) is 4.83. The van der Waals surface area contributed by atoms with Crippen LogP contribution < -0.4 is 24.0 Å². The van der Waals surface area contributed by atoms with Gasteiger partial charge in [0.2, 0.25) is 0 Å². The summed E-state index contributed by atoms with van der Waals surface area (Å²) in [5.74, 6) is -0.706. The fourth-order valence-corrected chi connectivity index (χ4v) is 3.74. The number of aromatic nitrogens is 3. The Hall–Kier alpha value is -2.38. The van der Waals surface area contributed by atoms with Gasteiger partial charge in [0, 0.05) is 30.4 Å². The molecule has 0 N–H and O–H groups in total. The first-order chi connectivity index (χ1) is 12.6. The molecular formula is C19H17LiN4O3. The van der Waals surface area contributed by atoms with E-state index in [9.17, 15) is 9.90 Å². The van der Waals surface area contributed by atoms with E-state index >= 15 is 0 Å². The number of pyridine rings is 1. The number of carboxylic acids is 1. The summed E-state index contributed by atoms with van der Waals surface area (Å²) in [7, 11) is 0. The second-order valence-electron chi connectivity index (χ2n) is 6.61. The molecule has 0 saturated carbocycles. The van der Waals surface area contributed by atoms with Crippen LogP contribution in [0.1, 0.15) is 31.6 Å². The van der Waals surface area contributed by atoms with Crippen LogP contribution >= 0.6 is 0 Å². The Bertz CT molecular complexity index is 1060. The van der Waals surface area contributed by atoms with Crippen molar-refractivity contribution < 1.29 is 33.5 Å². The maximum atomic E-state index is 11.3. The van der Waals surface area contributed by atoms with Gasteiger partial charge >= 0.3 is 18.9 Å². The van der Waals surface area contributed by atoms with Crippen LogP contribution in [0.15, 0.2) is 24.4 Å². The molecule has 1 saturated heterocycles. The minimum Gasteiger partial charge on any atom is -0.550 e. The van der Waals surface area contributed by atoms with Gasteiger partial charge in [-0.15, -0.1) is 0 Å². The summed E-state index contributed by atoms with van der Waals surface area (Å²) in [4.78, 5) is 23.7. The smallest absolute Gasteiger partial charge is 0.550 e. The van der Waals surface area contributed by atoms with Crippen molar-refractivity contribution in [2.45, 2.75) is 38.3 Å². The van der Waals surface area contributed by atoms with E-state index in [2.05, 4.69) is 14.8 Å². The van der Waals surface area contributed by atoms with Gasteiger partial charge in [-0.1, -0.05) is 6.07 Å². The van der Waals surface area contributed by atoms with E-state index in [0.717, 1.165) is 29.3 Å². The molecule has 7 nitrogen and oxygen atoms in total. The van der Waals surface area contributed by atoms with E-state index < -0.39 is 5.97 Å². The van der Waals surface area contributed by atoms with Gasteiger partial charge in [-0.2, -0.15) is 0 Å². The molecule has 3 aromatic rings. The van der Waals surface area contributed by atoms with E-state index in [0.29, 0.717) is 23.6 Å². The van der Waals surface area contributed by atoms with Crippen LogP contribution in [0.2, 0.25) is 0 Å². The molecule has 1 aromatic carbocycles. The maximum Gasteiger partial charge on any atom is 1.00 e. The largest absolute Gasteiger partial charge is 1.00 e. The molecule has 4 rings (SSSR count). The molecule has 0 aliphatic carbocycles. The Kier molecular flexibility index (Phi) is 5.53. The third-order valence-electron chi connectivity index (χ3n) is 4.83. The van der Waals surface area contributed by atoms with E-state index in [-0.39, 0.29) is 37.4 Å². The average Bonchev–Trinajstić information content (AvgIpc) is 2.98. The van der Waals surface area contributed by atoms with E-state index in [4.69, 9.17) is 11.3 Å². The Balaban J connectivity index is 0.00000210. The summed E-state index contributed by atoms with van der Waals surface area (Å²) < 4.78 is 7.65. The summed E-state index contributed by atoms with van der Waals surface area (Å²) in [6, 6.07) is 5.42. The zero-order chi connectivity index (χ0) is 18.3. The number of benzene rings is 1. The molecule has 0 bridgehead atoms. The molecule has 2 atom stereocenters. The first-order valence-electron chi connectivity index (χ1n) is 8.55. The number of imidazole rings is 1. The fraction of sp³-hybridized carbons (Fsp3) is 0.368. The normalized spacial score (nSPS) is 19.6. The van der Waals surface area contributed by atoms with Crippen molar-refractivity contribution in [1.29, 1.82) is 0 Å². The molecule has 0 unspecified atom stereocenters. The van der Waals surface area contributed by atoms with Crippen LogP contribution in [0.25, 0.3) is 26.8 Å².